The molecule has 1 aliphatic rings. The Bertz CT molecular complexity index is 516. The molecule has 1 fully saturated rings. The first-order valence-electron chi connectivity index (χ1n) is 7.05. The molecule has 3 nitrogen and oxygen atoms in total. The van der Waals surface area contributed by atoms with E-state index >= 15 is 0 Å². The van der Waals surface area contributed by atoms with Gasteiger partial charge in [0, 0.05) is 12.6 Å². The van der Waals surface area contributed by atoms with Crippen LogP contribution in [0.25, 0.3) is 10.2 Å². The molecule has 19 heavy (non-hydrogen) atoms. The van der Waals surface area contributed by atoms with Gasteiger partial charge in [0.25, 0.3) is 0 Å². The number of rotatable bonds is 3. The van der Waals surface area contributed by atoms with Crippen LogP contribution in [-0.4, -0.2) is 29.0 Å². The number of piperidine rings is 1. The van der Waals surface area contributed by atoms with Crippen LogP contribution in [0.1, 0.15) is 24.8 Å². The van der Waals surface area contributed by atoms with Crippen molar-refractivity contribution in [1.29, 1.82) is 0 Å². The van der Waals surface area contributed by atoms with E-state index in [2.05, 4.69) is 36.1 Å². The maximum Gasteiger partial charge on any atom is 0.108 e. The Hall–Kier alpha value is -0.970. The topological polar surface area (TPSA) is 42.1 Å². The predicted octanol–water partition coefficient (Wildman–Crippen LogP) is 2.86. The van der Waals surface area contributed by atoms with Crippen LogP contribution >= 0.6 is 11.3 Å². The van der Waals surface area contributed by atoms with Crippen LogP contribution in [0.5, 0.6) is 0 Å². The van der Waals surface area contributed by atoms with E-state index in [0.717, 1.165) is 18.6 Å². The van der Waals surface area contributed by atoms with Gasteiger partial charge in [-0.25, -0.2) is 4.98 Å². The summed E-state index contributed by atoms with van der Waals surface area (Å²) in [5.74, 6) is 0.642. The lowest BCUT2D eigenvalue weighted by Gasteiger charge is -2.34. The Balaban J connectivity index is 1.70. The lowest BCUT2D eigenvalue weighted by Crippen LogP contribution is -2.41. The Morgan fingerprint density at radius 1 is 1.47 bits per heavy atom. The van der Waals surface area contributed by atoms with Crippen LogP contribution in [0.3, 0.4) is 0 Å². The van der Waals surface area contributed by atoms with E-state index in [0.29, 0.717) is 12.0 Å². The molecule has 0 spiro atoms. The van der Waals surface area contributed by atoms with Gasteiger partial charge >= 0.3 is 0 Å². The van der Waals surface area contributed by atoms with Crippen LogP contribution in [0.2, 0.25) is 0 Å². The second-order valence-corrected chi connectivity index (χ2v) is 6.69. The number of hydrogen-bond acceptors (Lipinski definition) is 4. The highest BCUT2D eigenvalue weighted by molar-refractivity contribution is 7.18. The van der Waals surface area contributed by atoms with Crippen molar-refractivity contribution in [1.82, 2.24) is 9.88 Å². The third kappa shape index (κ3) is 2.96. The number of benzene rings is 1. The average molecular weight is 275 g/mol. The molecule has 2 atom stereocenters. The summed E-state index contributed by atoms with van der Waals surface area (Å²) < 4.78 is 1.29. The standard InChI is InChI=1S/C15H21N3S/c1-11(16)12-5-4-8-18(9-12)10-15-17-13-6-2-3-7-14(13)19-15/h2-3,6-7,11-12H,4-5,8-10,16H2,1H3. The summed E-state index contributed by atoms with van der Waals surface area (Å²) in [5.41, 5.74) is 7.17. The molecule has 102 valence electrons. The second kappa shape index (κ2) is 5.57. The summed E-state index contributed by atoms with van der Waals surface area (Å²) in [6.45, 7) is 5.40. The van der Waals surface area contributed by atoms with Gasteiger partial charge in [-0.1, -0.05) is 12.1 Å². The minimum absolute atomic E-state index is 0.304. The normalized spacial score (nSPS) is 22.7. The van der Waals surface area contributed by atoms with Crippen molar-refractivity contribution in [2.24, 2.45) is 11.7 Å². The Morgan fingerprint density at radius 3 is 3.11 bits per heavy atom. The molecule has 0 aliphatic carbocycles. The monoisotopic (exact) mass is 275 g/mol. The first kappa shape index (κ1) is 13.0. The number of nitrogens with zero attached hydrogens (tertiary/aromatic N) is 2. The largest absolute Gasteiger partial charge is 0.328 e. The number of aromatic nitrogens is 1. The van der Waals surface area contributed by atoms with Crippen LogP contribution in [0, 0.1) is 5.92 Å². The fourth-order valence-electron chi connectivity index (χ4n) is 2.84. The zero-order valence-corrected chi connectivity index (χ0v) is 12.2. The highest BCUT2D eigenvalue weighted by Gasteiger charge is 2.23. The smallest absolute Gasteiger partial charge is 0.108 e. The number of para-hydroxylation sites is 1. The molecule has 0 saturated carbocycles. The van der Waals surface area contributed by atoms with Crippen LogP contribution in [0.15, 0.2) is 24.3 Å². The van der Waals surface area contributed by atoms with Gasteiger partial charge in [-0.05, 0) is 44.4 Å². The summed E-state index contributed by atoms with van der Waals surface area (Å²) in [6.07, 6.45) is 2.53. The van der Waals surface area contributed by atoms with E-state index in [1.165, 1.54) is 29.1 Å². The quantitative estimate of drug-likeness (QED) is 0.936. The van der Waals surface area contributed by atoms with Crippen molar-refractivity contribution in [2.45, 2.75) is 32.4 Å². The Labute approximate surface area is 118 Å². The second-order valence-electron chi connectivity index (χ2n) is 5.57. The van der Waals surface area contributed by atoms with E-state index in [-0.39, 0.29) is 0 Å². The van der Waals surface area contributed by atoms with Crippen molar-refractivity contribution >= 4 is 21.6 Å². The number of fused-ring (bicyclic) bond motifs is 1. The first-order valence-corrected chi connectivity index (χ1v) is 7.86. The molecule has 1 saturated heterocycles. The van der Waals surface area contributed by atoms with Gasteiger partial charge < -0.3 is 5.73 Å². The number of nitrogens with two attached hydrogens (primary N) is 1. The van der Waals surface area contributed by atoms with E-state index in [1.807, 2.05) is 11.3 Å². The van der Waals surface area contributed by atoms with Crippen molar-refractivity contribution < 1.29 is 0 Å². The molecule has 1 aliphatic heterocycles. The molecular formula is C15H21N3S. The summed E-state index contributed by atoms with van der Waals surface area (Å²) in [7, 11) is 0. The van der Waals surface area contributed by atoms with Crippen molar-refractivity contribution in [3.05, 3.63) is 29.3 Å². The summed E-state index contributed by atoms with van der Waals surface area (Å²) in [4.78, 5) is 7.23. The van der Waals surface area contributed by atoms with E-state index in [4.69, 9.17) is 10.7 Å². The molecule has 0 bridgehead atoms. The van der Waals surface area contributed by atoms with Gasteiger partial charge in [0.15, 0.2) is 0 Å². The lowest BCUT2D eigenvalue weighted by molar-refractivity contribution is 0.154. The van der Waals surface area contributed by atoms with Crippen LogP contribution < -0.4 is 5.73 Å². The number of likely N-dealkylation sites (tertiary alicyclic amines) is 1. The fraction of sp³-hybridized carbons (Fsp3) is 0.533. The third-order valence-corrected chi connectivity index (χ3v) is 5.00. The van der Waals surface area contributed by atoms with Gasteiger partial charge in [-0.2, -0.15) is 0 Å². The van der Waals surface area contributed by atoms with Crippen LogP contribution in [-0.2, 0) is 6.54 Å². The highest BCUT2D eigenvalue weighted by Crippen LogP contribution is 2.25. The van der Waals surface area contributed by atoms with Crippen molar-refractivity contribution in [3.8, 4) is 0 Å². The molecule has 0 radical (unpaired) electrons. The maximum atomic E-state index is 6.04. The van der Waals surface area contributed by atoms with Crippen molar-refractivity contribution in [3.63, 3.8) is 0 Å². The molecule has 3 rings (SSSR count). The van der Waals surface area contributed by atoms with E-state index in [9.17, 15) is 0 Å². The molecule has 0 amide bonds. The first-order chi connectivity index (χ1) is 9.22. The molecule has 2 N–H and O–H groups in total. The molecule has 1 aromatic carbocycles. The van der Waals surface area contributed by atoms with Gasteiger partial charge in [0.1, 0.15) is 5.01 Å². The van der Waals surface area contributed by atoms with Gasteiger partial charge in [-0.3, -0.25) is 4.90 Å². The van der Waals surface area contributed by atoms with E-state index < -0.39 is 0 Å². The van der Waals surface area contributed by atoms with E-state index in [1.54, 1.807) is 0 Å². The maximum absolute atomic E-state index is 6.04. The Morgan fingerprint density at radius 2 is 2.32 bits per heavy atom. The lowest BCUT2D eigenvalue weighted by atomic mass is 9.92. The van der Waals surface area contributed by atoms with Gasteiger partial charge in [-0.15, -0.1) is 11.3 Å². The van der Waals surface area contributed by atoms with Gasteiger partial charge in [0.05, 0.1) is 16.8 Å². The molecule has 2 heterocycles. The zero-order valence-electron chi connectivity index (χ0n) is 11.4. The van der Waals surface area contributed by atoms with Gasteiger partial charge in [0.2, 0.25) is 0 Å². The Kier molecular flexibility index (Phi) is 3.82. The molecule has 2 aromatic rings. The highest BCUT2D eigenvalue weighted by atomic mass is 32.1. The summed E-state index contributed by atoms with van der Waals surface area (Å²) in [5, 5.41) is 1.23. The third-order valence-electron chi connectivity index (χ3n) is 3.98. The molecule has 2 unspecified atom stereocenters. The minimum Gasteiger partial charge on any atom is -0.328 e. The predicted molar refractivity (Wildman–Crippen MR) is 81.3 cm³/mol. The van der Waals surface area contributed by atoms with Crippen molar-refractivity contribution in [2.75, 3.05) is 13.1 Å². The molecule has 4 heteroatoms. The summed E-state index contributed by atoms with van der Waals surface area (Å²) >= 11 is 1.82. The zero-order chi connectivity index (χ0) is 13.2. The SMILES string of the molecule is CC(N)C1CCCN(Cc2nc3ccccc3s2)C1. The van der Waals surface area contributed by atoms with Crippen LogP contribution in [0.4, 0.5) is 0 Å². The number of hydrogen-bond donors (Lipinski definition) is 1. The minimum atomic E-state index is 0.304. The number of thiazole rings is 1. The average Bonchev–Trinajstić information content (AvgIpc) is 2.81. The molecular weight excluding hydrogens is 254 g/mol. The fourth-order valence-corrected chi connectivity index (χ4v) is 3.85. The molecule has 1 aromatic heterocycles. The summed E-state index contributed by atoms with van der Waals surface area (Å²) in [6, 6.07) is 8.68.